The highest BCUT2D eigenvalue weighted by atomic mass is 32.2. The first-order chi connectivity index (χ1) is 9.15. The minimum atomic E-state index is -3.24. The van der Waals surface area contributed by atoms with Crippen molar-refractivity contribution in [2.75, 3.05) is 0 Å². The molecule has 2 heterocycles. The van der Waals surface area contributed by atoms with Gasteiger partial charge in [0.2, 0.25) is 10.0 Å². The molecule has 0 aliphatic heterocycles. The number of nitrogens with zero attached hydrogens (tertiary/aromatic N) is 2. The van der Waals surface area contributed by atoms with Crippen LogP contribution in [0.15, 0.2) is 22.0 Å². The lowest BCUT2D eigenvalue weighted by atomic mass is 10.0. The van der Waals surface area contributed by atoms with Crippen molar-refractivity contribution in [2.24, 2.45) is 0 Å². The molecule has 0 atom stereocenters. The third kappa shape index (κ3) is 2.70. The van der Waals surface area contributed by atoms with Gasteiger partial charge in [-0.1, -0.05) is 17.6 Å². The van der Waals surface area contributed by atoms with Crippen LogP contribution in [0.3, 0.4) is 0 Å². The Hall–Kier alpha value is -1.25. The zero-order valence-electron chi connectivity index (χ0n) is 10.1. The maximum Gasteiger partial charge on any atom is 0.268 e. The molecule has 0 saturated heterocycles. The highest BCUT2D eigenvalue weighted by Gasteiger charge is 2.31. The number of nitrogens with one attached hydrogen (secondary N) is 1. The Labute approximate surface area is 114 Å². The normalized spacial score (nSPS) is 16.4. The van der Waals surface area contributed by atoms with Gasteiger partial charge in [-0.2, -0.15) is 4.98 Å². The van der Waals surface area contributed by atoms with E-state index < -0.39 is 10.0 Å². The highest BCUT2D eigenvalue weighted by Crippen LogP contribution is 2.25. The zero-order valence-corrected chi connectivity index (χ0v) is 11.7. The van der Waals surface area contributed by atoms with Gasteiger partial charge in [0.25, 0.3) is 5.89 Å². The van der Waals surface area contributed by atoms with Crippen LogP contribution in [0.4, 0.5) is 0 Å². The predicted molar refractivity (Wildman–Crippen MR) is 71.0 cm³/mol. The summed E-state index contributed by atoms with van der Waals surface area (Å²) in [7, 11) is -3.24. The van der Waals surface area contributed by atoms with E-state index in [9.17, 15) is 8.42 Å². The van der Waals surface area contributed by atoms with Crippen LogP contribution in [0.2, 0.25) is 0 Å². The lowest BCUT2D eigenvalue weighted by Gasteiger charge is -2.24. The van der Waals surface area contributed by atoms with E-state index in [1.807, 2.05) is 17.5 Å². The highest BCUT2D eigenvalue weighted by molar-refractivity contribution is 7.90. The number of hydrogen-bond donors (Lipinski definition) is 1. The first kappa shape index (κ1) is 12.8. The van der Waals surface area contributed by atoms with Crippen molar-refractivity contribution >= 4 is 21.4 Å². The van der Waals surface area contributed by atoms with Crippen molar-refractivity contribution in [1.82, 2.24) is 14.9 Å². The molecule has 1 aliphatic rings. The van der Waals surface area contributed by atoms with E-state index in [-0.39, 0.29) is 11.8 Å². The number of sulfonamides is 1. The molecular formula is C11H13N3O3S2. The van der Waals surface area contributed by atoms with Crippen LogP contribution >= 0.6 is 11.3 Å². The average molecular weight is 299 g/mol. The standard InChI is InChI=1S/C11H13N3O3S2/c15-19(16,8-3-1-4-8)12-7-10-13-11(17-14-10)9-5-2-6-18-9/h2,5-6,8,12H,1,3-4,7H2. The summed E-state index contributed by atoms with van der Waals surface area (Å²) in [5, 5.41) is 5.43. The van der Waals surface area contributed by atoms with E-state index >= 15 is 0 Å². The van der Waals surface area contributed by atoms with Crippen molar-refractivity contribution in [2.45, 2.75) is 31.1 Å². The fourth-order valence-corrected chi connectivity index (χ4v) is 3.95. The summed E-state index contributed by atoms with van der Waals surface area (Å²) < 4.78 is 31.3. The van der Waals surface area contributed by atoms with Gasteiger partial charge in [-0.15, -0.1) is 11.3 Å². The average Bonchev–Trinajstić information content (AvgIpc) is 2.94. The monoisotopic (exact) mass is 299 g/mol. The molecule has 19 heavy (non-hydrogen) atoms. The first-order valence-electron chi connectivity index (χ1n) is 6.00. The topological polar surface area (TPSA) is 85.1 Å². The van der Waals surface area contributed by atoms with Gasteiger partial charge in [-0.3, -0.25) is 0 Å². The van der Waals surface area contributed by atoms with Gasteiger partial charge in [-0.05, 0) is 24.3 Å². The van der Waals surface area contributed by atoms with Crippen LogP contribution in [0.25, 0.3) is 10.8 Å². The van der Waals surface area contributed by atoms with Crippen LogP contribution in [0.1, 0.15) is 25.1 Å². The van der Waals surface area contributed by atoms with Gasteiger partial charge < -0.3 is 4.52 Å². The molecule has 1 saturated carbocycles. The molecule has 0 radical (unpaired) electrons. The summed E-state index contributed by atoms with van der Waals surface area (Å²) in [5.41, 5.74) is 0. The smallest absolute Gasteiger partial charge is 0.268 e. The van der Waals surface area contributed by atoms with Gasteiger partial charge in [0, 0.05) is 0 Å². The molecule has 2 aromatic heterocycles. The molecule has 6 nitrogen and oxygen atoms in total. The summed E-state index contributed by atoms with van der Waals surface area (Å²) in [4.78, 5) is 5.04. The zero-order chi connectivity index (χ0) is 13.3. The molecule has 1 fully saturated rings. The fourth-order valence-electron chi connectivity index (χ4n) is 1.79. The van der Waals surface area contributed by atoms with Crippen molar-refractivity contribution in [1.29, 1.82) is 0 Å². The Morgan fingerprint density at radius 2 is 2.32 bits per heavy atom. The van der Waals surface area contributed by atoms with Gasteiger partial charge in [0.1, 0.15) is 0 Å². The van der Waals surface area contributed by atoms with E-state index in [2.05, 4.69) is 14.9 Å². The van der Waals surface area contributed by atoms with Crippen molar-refractivity contribution < 1.29 is 12.9 Å². The summed E-state index contributed by atoms with van der Waals surface area (Å²) >= 11 is 1.50. The van der Waals surface area contributed by atoms with Gasteiger partial charge in [-0.25, -0.2) is 13.1 Å². The molecule has 0 amide bonds. The molecular weight excluding hydrogens is 286 g/mol. The second kappa shape index (κ2) is 5.03. The Morgan fingerprint density at radius 3 is 2.95 bits per heavy atom. The first-order valence-corrected chi connectivity index (χ1v) is 8.43. The molecule has 0 bridgehead atoms. The van der Waals surface area contributed by atoms with Gasteiger partial charge >= 0.3 is 0 Å². The van der Waals surface area contributed by atoms with E-state index in [0.29, 0.717) is 11.7 Å². The van der Waals surface area contributed by atoms with E-state index in [4.69, 9.17) is 4.52 Å². The number of hydrogen-bond acceptors (Lipinski definition) is 6. The van der Waals surface area contributed by atoms with Crippen molar-refractivity contribution in [3.63, 3.8) is 0 Å². The molecule has 102 valence electrons. The minimum Gasteiger partial charge on any atom is -0.333 e. The third-order valence-corrected chi connectivity index (χ3v) is 5.88. The predicted octanol–water partition coefficient (Wildman–Crippen LogP) is 1.77. The maximum atomic E-state index is 11.8. The van der Waals surface area contributed by atoms with Gasteiger partial charge in [0.15, 0.2) is 5.82 Å². The molecule has 3 rings (SSSR count). The summed E-state index contributed by atoms with van der Waals surface area (Å²) in [6.45, 7) is 0.0771. The molecule has 1 N–H and O–H groups in total. The Morgan fingerprint density at radius 1 is 1.47 bits per heavy atom. The second-order valence-electron chi connectivity index (χ2n) is 4.41. The number of rotatable bonds is 5. The molecule has 2 aromatic rings. The number of aromatic nitrogens is 2. The van der Waals surface area contributed by atoms with Gasteiger partial charge in [0.05, 0.1) is 16.7 Å². The van der Waals surface area contributed by atoms with Crippen LogP contribution in [-0.2, 0) is 16.6 Å². The Balaban J connectivity index is 1.65. The van der Waals surface area contributed by atoms with E-state index in [1.54, 1.807) is 0 Å². The largest absolute Gasteiger partial charge is 0.333 e. The molecule has 1 aliphatic carbocycles. The molecule has 8 heteroatoms. The minimum absolute atomic E-state index is 0.0771. The van der Waals surface area contributed by atoms with Crippen molar-refractivity contribution in [3.05, 3.63) is 23.3 Å². The summed E-state index contributed by atoms with van der Waals surface area (Å²) in [6.07, 6.45) is 2.46. The Kier molecular flexibility index (Phi) is 3.38. The Bertz CT molecular complexity index is 645. The van der Waals surface area contributed by atoms with Crippen LogP contribution in [-0.4, -0.2) is 23.8 Å². The third-order valence-electron chi connectivity index (χ3n) is 3.12. The second-order valence-corrected chi connectivity index (χ2v) is 7.41. The lowest BCUT2D eigenvalue weighted by molar-refractivity contribution is 0.421. The van der Waals surface area contributed by atoms with E-state index in [1.165, 1.54) is 11.3 Å². The number of thiophene rings is 1. The van der Waals surface area contributed by atoms with E-state index in [0.717, 1.165) is 24.1 Å². The van der Waals surface area contributed by atoms with Crippen LogP contribution in [0, 0.1) is 0 Å². The summed E-state index contributed by atoms with van der Waals surface area (Å²) in [5.74, 6) is 0.777. The van der Waals surface area contributed by atoms with Crippen LogP contribution < -0.4 is 4.72 Å². The summed E-state index contributed by atoms with van der Waals surface area (Å²) in [6, 6.07) is 3.77. The fraction of sp³-hybridized carbons (Fsp3) is 0.455. The van der Waals surface area contributed by atoms with Crippen molar-refractivity contribution in [3.8, 4) is 10.8 Å². The van der Waals surface area contributed by atoms with Crippen LogP contribution in [0.5, 0.6) is 0 Å². The lowest BCUT2D eigenvalue weighted by Crippen LogP contribution is -2.38. The quantitative estimate of drug-likeness (QED) is 0.909. The maximum absolute atomic E-state index is 11.8. The molecule has 0 spiro atoms. The SMILES string of the molecule is O=S(=O)(NCc1noc(-c2cccs2)n1)C1CCC1. The molecule has 0 aromatic carbocycles. The molecule has 0 unspecified atom stereocenters.